The van der Waals surface area contributed by atoms with Crippen LogP contribution in [0.15, 0.2) is 30.3 Å². The molecule has 7 heteroatoms. The molecule has 0 saturated heterocycles. The highest BCUT2D eigenvalue weighted by molar-refractivity contribution is 6.29. The second-order valence-corrected chi connectivity index (χ2v) is 5.23. The first kappa shape index (κ1) is 15.3. The maximum absolute atomic E-state index is 5.95. The van der Waals surface area contributed by atoms with E-state index in [9.17, 15) is 0 Å². The third-order valence-corrected chi connectivity index (χ3v) is 3.45. The summed E-state index contributed by atoms with van der Waals surface area (Å²) in [7, 11) is 3.22. The van der Waals surface area contributed by atoms with Gasteiger partial charge in [0.1, 0.15) is 34.1 Å². The molecule has 0 amide bonds. The fourth-order valence-electron chi connectivity index (χ4n) is 2.26. The van der Waals surface area contributed by atoms with E-state index in [1.54, 1.807) is 27.2 Å². The Labute approximate surface area is 138 Å². The van der Waals surface area contributed by atoms with Crippen LogP contribution in [0.2, 0.25) is 5.15 Å². The third kappa shape index (κ3) is 3.27. The minimum atomic E-state index is 0.379. The van der Waals surface area contributed by atoms with Crippen molar-refractivity contribution in [2.24, 2.45) is 0 Å². The van der Waals surface area contributed by atoms with Crippen LogP contribution < -0.4 is 14.8 Å². The lowest BCUT2D eigenvalue weighted by molar-refractivity contribution is 0.398. The van der Waals surface area contributed by atoms with Crippen molar-refractivity contribution in [1.82, 2.24) is 15.0 Å². The molecular weight excluding hydrogens is 316 g/mol. The number of nitrogens with one attached hydrogen (secondary N) is 1. The summed E-state index contributed by atoms with van der Waals surface area (Å²) < 4.78 is 10.7. The topological polar surface area (TPSA) is 69.2 Å². The van der Waals surface area contributed by atoms with Gasteiger partial charge in [0.05, 0.1) is 19.7 Å². The summed E-state index contributed by atoms with van der Waals surface area (Å²) in [5, 5.41) is 4.40. The summed E-state index contributed by atoms with van der Waals surface area (Å²) in [4.78, 5) is 12.9. The minimum Gasteiger partial charge on any atom is -0.497 e. The highest BCUT2D eigenvalue weighted by Gasteiger charge is 2.08. The second-order valence-electron chi connectivity index (χ2n) is 4.84. The molecule has 6 nitrogen and oxygen atoms in total. The number of fused-ring (bicyclic) bond motifs is 1. The summed E-state index contributed by atoms with van der Waals surface area (Å²) in [5.74, 6) is 3.20. The molecule has 0 spiro atoms. The first-order valence-electron chi connectivity index (χ1n) is 6.90. The van der Waals surface area contributed by atoms with Crippen molar-refractivity contribution in [2.75, 3.05) is 19.5 Å². The molecule has 2 aromatic heterocycles. The van der Waals surface area contributed by atoms with Crippen molar-refractivity contribution in [3.05, 3.63) is 41.3 Å². The third-order valence-electron chi connectivity index (χ3n) is 3.26. The van der Waals surface area contributed by atoms with E-state index < -0.39 is 0 Å². The Bertz CT molecular complexity index is 850. The minimum absolute atomic E-state index is 0.379. The van der Waals surface area contributed by atoms with Gasteiger partial charge in [-0.1, -0.05) is 11.6 Å². The largest absolute Gasteiger partial charge is 0.497 e. The molecule has 0 bridgehead atoms. The Hall–Kier alpha value is -2.60. The number of anilines is 2. The number of hydrogen-bond acceptors (Lipinski definition) is 6. The van der Waals surface area contributed by atoms with Gasteiger partial charge in [-0.2, -0.15) is 0 Å². The fourth-order valence-corrected chi connectivity index (χ4v) is 2.49. The first-order valence-corrected chi connectivity index (χ1v) is 7.28. The van der Waals surface area contributed by atoms with E-state index in [2.05, 4.69) is 20.3 Å². The number of halogens is 1. The number of benzene rings is 1. The summed E-state index contributed by atoms with van der Waals surface area (Å²) in [5.41, 5.74) is 0.753. The van der Waals surface area contributed by atoms with Crippen LogP contribution in [-0.2, 0) is 0 Å². The van der Waals surface area contributed by atoms with E-state index in [0.717, 1.165) is 10.9 Å². The van der Waals surface area contributed by atoms with Gasteiger partial charge < -0.3 is 14.8 Å². The summed E-state index contributed by atoms with van der Waals surface area (Å²) in [6.45, 7) is 1.78. The highest BCUT2D eigenvalue weighted by atomic mass is 35.5. The number of ether oxygens (including phenoxy) is 2. The van der Waals surface area contributed by atoms with E-state index in [4.69, 9.17) is 21.1 Å². The summed E-state index contributed by atoms with van der Waals surface area (Å²) in [6.07, 6.45) is 0. The van der Waals surface area contributed by atoms with Crippen LogP contribution in [0.3, 0.4) is 0 Å². The van der Waals surface area contributed by atoms with E-state index in [-0.39, 0.29) is 0 Å². The molecule has 0 aliphatic rings. The van der Waals surface area contributed by atoms with Crippen molar-refractivity contribution < 1.29 is 9.47 Å². The maximum atomic E-state index is 5.95. The Morgan fingerprint density at radius 1 is 0.957 bits per heavy atom. The maximum Gasteiger partial charge on any atom is 0.136 e. The standard InChI is InChI=1S/C16H15ClN4O2/c1-9-18-14(17)8-16(19-9)21-15-5-4-11-12(20-15)6-10(22-2)7-13(11)23-3/h4-8H,1-3H3,(H,18,19,20,21). The predicted octanol–water partition coefficient (Wildman–Crippen LogP) is 3.75. The zero-order chi connectivity index (χ0) is 16.4. The van der Waals surface area contributed by atoms with Crippen molar-refractivity contribution in [3.8, 4) is 11.5 Å². The number of hydrogen-bond donors (Lipinski definition) is 1. The Kier molecular flexibility index (Phi) is 4.16. The number of methoxy groups -OCH3 is 2. The van der Waals surface area contributed by atoms with Crippen LogP contribution >= 0.6 is 11.6 Å². The van der Waals surface area contributed by atoms with E-state index in [1.807, 2.05) is 24.3 Å². The molecule has 23 heavy (non-hydrogen) atoms. The molecule has 0 saturated carbocycles. The Balaban J connectivity index is 2.02. The van der Waals surface area contributed by atoms with Crippen LogP contribution in [0.1, 0.15) is 5.82 Å². The molecule has 0 aliphatic heterocycles. The molecule has 1 aromatic carbocycles. The van der Waals surface area contributed by atoms with Gasteiger partial charge in [-0.3, -0.25) is 0 Å². The number of aromatic nitrogens is 3. The smallest absolute Gasteiger partial charge is 0.136 e. The van der Waals surface area contributed by atoms with Gasteiger partial charge in [0.25, 0.3) is 0 Å². The molecule has 0 fully saturated rings. The van der Waals surface area contributed by atoms with Crippen LogP contribution in [0.25, 0.3) is 10.9 Å². The van der Waals surface area contributed by atoms with Gasteiger partial charge in [-0.05, 0) is 19.1 Å². The number of nitrogens with zero attached hydrogens (tertiary/aromatic N) is 3. The summed E-state index contributed by atoms with van der Waals surface area (Å²) in [6, 6.07) is 9.10. The van der Waals surface area contributed by atoms with Crippen molar-refractivity contribution in [3.63, 3.8) is 0 Å². The molecule has 3 aromatic rings. The van der Waals surface area contributed by atoms with Crippen LogP contribution in [-0.4, -0.2) is 29.2 Å². The van der Waals surface area contributed by atoms with Crippen LogP contribution in [0.4, 0.5) is 11.6 Å². The fraction of sp³-hybridized carbons (Fsp3) is 0.188. The van der Waals surface area contributed by atoms with Gasteiger partial charge in [0, 0.05) is 23.6 Å². The zero-order valence-corrected chi connectivity index (χ0v) is 13.7. The van der Waals surface area contributed by atoms with Crippen molar-refractivity contribution in [2.45, 2.75) is 6.92 Å². The lowest BCUT2D eigenvalue weighted by atomic mass is 10.2. The zero-order valence-electron chi connectivity index (χ0n) is 12.9. The number of rotatable bonds is 4. The summed E-state index contributed by atoms with van der Waals surface area (Å²) >= 11 is 5.95. The molecule has 0 atom stereocenters. The van der Waals surface area contributed by atoms with Crippen LogP contribution in [0.5, 0.6) is 11.5 Å². The SMILES string of the molecule is COc1cc(OC)c2ccc(Nc3cc(Cl)nc(C)n3)nc2c1. The van der Waals surface area contributed by atoms with Gasteiger partial charge >= 0.3 is 0 Å². The Morgan fingerprint density at radius 3 is 2.48 bits per heavy atom. The average molecular weight is 331 g/mol. The molecule has 1 N–H and O–H groups in total. The van der Waals surface area contributed by atoms with E-state index >= 15 is 0 Å². The highest BCUT2D eigenvalue weighted by Crippen LogP contribution is 2.31. The van der Waals surface area contributed by atoms with Crippen molar-refractivity contribution in [1.29, 1.82) is 0 Å². The van der Waals surface area contributed by atoms with E-state index in [1.165, 1.54) is 0 Å². The van der Waals surface area contributed by atoms with Crippen molar-refractivity contribution >= 4 is 34.1 Å². The average Bonchev–Trinajstić information content (AvgIpc) is 2.52. The molecule has 3 rings (SSSR count). The predicted molar refractivity (Wildman–Crippen MR) is 89.9 cm³/mol. The Morgan fingerprint density at radius 2 is 1.78 bits per heavy atom. The molecular formula is C16H15ClN4O2. The number of pyridine rings is 1. The lowest BCUT2D eigenvalue weighted by Gasteiger charge is -2.10. The first-order chi connectivity index (χ1) is 11.1. The molecule has 2 heterocycles. The molecule has 0 aliphatic carbocycles. The quantitative estimate of drug-likeness (QED) is 0.735. The van der Waals surface area contributed by atoms with Gasteiger partial charge in [-0.15, -0.1) is 0 Å². The molecule has 0 unspecified atom stereocenters. The molecule has 118 valence electrons. The monoisotopic (exact) mass is 330 g/mol. The normalized spacial score (nSPS) is 10.6. The van der Waals surface area contributed by atoms with Gasteiger partial charge in [0.2, 0.25) is 0 Å². The number of aryl methyl sites for hydroxylation is 1. The van der Waals surface area contributed by atoms with E-state index in [0.29, 0.717) is 34.1 Å². The van der Waals surface area contributed by atoms with Gasteiger partial charge in [-0.25, -0.2) is 15.0 Å². The van der Waals surface area contributed by atoms with Crippen LogP contribution in [0, 0.1) is 6.92 Å². The second kappa shape index (κ2) is 6.26. The molecule has 0 radical (unpaired) electrons. The lowest BCUT2D eigenvalue weighted by Crippen LogP contribution is -1.99. The van der Waals surface area contributed by atoms with Gasteiger partial charge in [0.15, 0.2) is 0 Å².